The molecule has 1 N–H and O–H groups in total. The summed E-state index contributed by atoms with van der Waals surface area (Å²) in [5.74, 6) is 0.0186. The Kier molecular flexibility index (Phi) is 3.19. The molecule has 2 rings (SSSR count). The van der Waals surface area contributed by atoms with E-state index >= 15 is 0 Å². The van der Waals surface area contributed by atoms with Gasteiger partial charge in [0, 0.05) is 17.4 Å². The van der Waals surface area contributed by atoms with Crippen molar-refractivity contribution in [1.82, 2.24) is 4.98 Å². The molecule has 0 spiro atoms. The van der Waals surface area contributed by atoms with Crippen LogP contribution in [0.3, 0.4) is 0 Å². The second kappa shape index (κ2) is 4.78. The quantitative estimate of drug-likeness (QED) is 0.816. The molecule has 0 fully saturated rings. The van der Waals surface area contributed by atoms with E-state index in [1.54, 1.807) is 18.5 Å². The van der Waals surface area contributed by atoms with E-state index in [4.69, 9.17) is 0 Å². The zero-order valence-electron chi connectivity index (χ0n) is 9.90. The van der Waals surface area contributed by atoms with Crippen LogP contribution < -0.4 is 5.32 Å². The average Bonchev–Trinajstić information content (AvgIpc) is 2.32. The van der Waals surface area contributed by atoms with Crippen molar-refractivity contribution in [3.63, 3.8) is 0 Å². The summed E-state index contributed by atoms with van der Waals surface area (Å²) in [4.78, 5) is 15.3. The number of aromatic nitrogens is 1. The predicted molar refractivity (Wildman–Crippen MR) is 68.7 cm³/mol. The van der Waals surface area contributed by atoms with Gasteiger partial charge in [0.2, 0.25) is 0 Å². The van der Waals surface area contributed by atoms with Gasteiger partial charge in [0.1, 0.15) is 0 Å². The predicted octanol–water partition coefficient (Wildman–Crippen LogP) is 3.34. The van der Waals surface area contributed by atoms with Gasteiger partial charge in [0.05, 0.1) is 11.9 Å². The van der Waals surface area contributed by atoms with Gasteiger partial charge >= 0.3 is 0 Å². The van der Waals surface area contributed by atoms with Crippen molar-refractivity contribution in [2.24, 2.45) is 0 Å². The van der Waals surface area contributed by atoms with Crippen LogP contribution in [0.1, 0.15) is 22.8 Å². The Morgan fingerprint density at radius 3 is 2.47 bits per heavy atom. The average molecular weight is 226 g/mol. The van der Waals surface area contributed by atoms with E-state index in [0.717, 1.165) is 11.4 Å². The van der Waals surface area contributed by atoms with Gasteiger partial charge in [-0.15, -0.1) is 0 Å². The van der Waals surface area contributed by atoms with Crippen molar-refractivity contribution in [3.05, 3.63) is 53.9 Å². The van der Waals surface area contributed by atoms with Gasteiger partial charge in [-0.3, -0.25) is 9.78 Å². The number of benzene rings is 1. The molecule has 0 radical (unpaired) electrons. The van der Waals surface area contributed by atoms with Crippen LogP contribution in [0.5, 0.6) is 0 Å². The third-order valence-electron chi connectivity index (χ3n) is 2.49. The SMILES string of the molecule is CC(=O)c1cncc(Nc2ccc(C)cc2)c1. The first kappa shape index (κ1) is 11.3. The van der Waals surface area contributed by atoms with Crippen LogP contribution in [0.2, 0.25) is 0 Å². The molecule has 3 nitrogen and oxygen atoms in total. The standard InChI is InChI=1S/C14H14N2O/c1-10-3-5-13(6-4-10)16-14-7-12(11(2)17)8-15-9-14/h3-9,16H,1-2H3. The second-order valence-corrected chi connectivity index (χ2v) is 4.01. The molecule has 0 bridgehead atoms. The third-order valence-corrected chi connectivity index (χ3v) is 2.49. The maximum Gasteiger partial charge on any atom is 0.161 e. The first-order valence-electron chi connectivity index (χ1n) is 5.45. The monoisotopic (exact) mass is 226 g/mol. The summed E-state index contributed by atoms with van der Waals surface area (Å²) in [7, 11) is 0. The molecule has 2 aromatic rings. The van der Waals surface area contributed by atoms with Gasteiger partial charge in [-0.25, -0.2) is 0 Å². The first-order valence-corrected chi connectivity index (χ1v) is 5.45. The summed E-state index contributed by atoms with van der Waals surface area (Å²) in [6.45, 7) is 3.58. The highest BCUT2D eigenvalue weighted by molar-refractivity contribution is 5.94. The Balaban J connectivity index is 2.21. The van der Waals surface area contributed by atoms with Crippen LogP contribution in [0.15, 0.2) is 42.7 Å². The Morgan fingerprint density at radius 2 is 1.82 bits per heavy atom. The highest BCUT2D eigenvalue weighted by Crippen LogP contribution is 2.17. The molecule has 1 aromatic heterocycles. The number of carbonyl (C=O) groups is 1. The van der Waals surface area contributed by atoms with Gasteiger partial charge in [-0.1, -0.05) is 17.7 Å². The Labute approximate surface area is 101 Å². The first-order chi connectivity index (χ1) is 8.15. The summed E-state index contributed by atoms with van der Waals surface area (Å²) < 4.78 is 0. The van der Waals surface area contributed by atoms with E-state index in [-0.39, 0.29) is 5.78 Å². The topological polar surface area (TPSA) is 42.0 Å². The van der Waals surface area contributed by atoms with Crippen LogP contribution in [0.25, 0.3) is 0 Å². The lowest BCUT2D eigenvalue weighted by Gasteiger charge is -2.07. The molecule has 17 heavy (non-hydrogen) atoms. The third kappa shape index (κ3) is 2.91. The van der Waals surface area contributed by atoms with E-state index in [0.29, 0.717) is 5.56 Å². The van der Waals surface area contributed by atoms with Crippen molar-refractivity contribution in [3.8, 4) is 0 Å². The van der Waals surface area contributed by atoms with Crippen molar-refractivity contribution < 1.29 is 4.79 Å². The molecule has 1 aromatic carbocycles. The molecule has 0 unspecified atom stereocenters. The van der Waals surface area contributed by atoms with Crippen LogP contribution in [0, 0.1) is 6.92 Å². The summed E-state index contributed by atoms with van der Waals surface area (Å²) in [5.41, 5.74) is 3.63. The largest absolute Gasteiger partial charge is 0.354 e. The van der Waals surface area contributed by atoms with E-state index in [9.17, 15) is 4.79 Å². The van der Waals surface area contributed by atoms with Crippen LogP contribution >= 0.6 is 0 Å². The van der Waals surface area contributed by atoms with Gasteiger partial charge in [0.25, 0.3) is 0 Å². The Hall–Kier alpha value is -2.16. The van der Waals surface area contributed by atoms with Crippen molar-refractivity contribution in [2.75, 3.05) is 5.32 Å². The van der Waals surface area contributed by atoms with E-state index in [1.165, 1.54) is 12.5 Å². The number of hydrogen-bond acceptors (Lipinski definition) is 3. The molecular formula is C14H14N2O. The molecule has 0 aliphatic heterocycles. The number of rotatable bonds is 3. The Morgan fingerprint density at radius 1 is 1.12 bits per heavy atom. The summed E-state index contributed by atoms with van der Waals surface area (Å²) in [6.07, 6.45) is 3.27. The number of Topliss-reactive ketones (excluding diaryl/α,β-unsaturated/α-hetero) is 1. The summed E-state index contributed by atoms with van der Waals surface area (Å²) in [5, 5.41) is 3.21. The minimum absolute atomic E-state index is 0.0186. The molecule has 0 saturated heterocycles. The lowest BCUT2D eigenvalue weighted by Crippen LogP contribution is -1.96. The molecule has 1 heterocycles. The number of nitrogens with zero attached hydrogens (tertiary/aromatic N) is 1. The van der Waals surface area contributed by atoms with Crippen molar-refractivity contribution in [2.45, 2.75) is 13.8 Å². The molecule has 0 amide bonds. The molecular weight excluding hydrogens is 212 g/mol. The van der Waals surface area contributed by atoms with Crippen LogP contribution in [-0.2, 0) is 0 Å². The lowest BCUT2D eigenvalue weighted by atomic mass is 10.2. The van der Waals surface area contributed by atoms with Crippen molar-refractivity contribution >= 4 is 17.2 Å². The number of hydrogen-bond donors (Lipinski definition) is 1. The number of nitrogens with one attached hydrogen (secondary N) is 1. The molecule has 0 aliphatic rings. The highest BCUT2D eigenvalue weighted by atomic mass is 16.1. The van der Waals surface area contributed by atoms with Gasteiger partial charge in [-0.2, -0.15) is 0 Å². The van der Waals surface area contributed by atoms with E-state index in [1.807, 2.05) is 31.2 Å². The maximum atomic E-state index is 11.2. The fourth-order valence-electron chi connectivity index (χ4n) is 1.50. The van der Waals surface area contributed by atoms with Crippen LogP contribution in [0.4, 0.5) is 11.4 Å². The van der Waals surface area contributed by atoms with Crippen LogP contribution in [-0.4, -0.2) is 10.8 Å². The Bertz CT molecular complexity index is 532. The number of ketones is 1. The zero-order valence-corrected chi connectivity index (χ0v) is 9.90. The number of pyridine rings is 1. The second-order valence-electron chi connectivity index (χ2n) is 4.01. The molecule has 86 valence electrons. The van der Waals surface area contributed by atoms with E-state index < -0.39 is 0 Å². The summed E-state index contributed by atoms with van der Waals surface area (Å²) in [6, 6.07) is 9.86. The summed E-state index contributed by atoms with van der Waals surface area (Å²) >= 11 is 0. The van der Waals surface area contributed by atoms with Gasteiger partial charge in [-0.05, 0) is 32.0 Å². The minimum atomic E-state index is 0.0186. The molecule has 0 aliphatic carbocycles. The highest BCUT2D eigenvalue weighted by Gasteiger charge is 2.01. The molecule has 0 atom stereocenters. The number of aryl methyl sites for hydroxylation is 1. The van der Waals surface area contributed by atoms with Gasteiger partial charge < -0.3 is 5.32 Å². The lowest BCUT2D eigenvalue weighted by molar-refractivity contribution is 0.101. The maximum absolute atomic E-state index is 11.2. The van der Waals surface area contributed by atoms with E-state index in [2.05, 4.69) is 10.3 Å². The normalized spacial score (nSPS) is 10.0. The molecule has 3 heteroatoms. The smallest absolute Gasteiger partial charge is 0.161 e. The minimum Gasteiger partial charge on any atom is -0.354 e. The number of carbonyl (C=O) groups excluding carboxylic acids is 1. The van der Waals surface area contributed by atoms with Crippen molar-refractivity contribution in [1.29, 1.82) is 0 Å². The van der Waals surface area contributed by atoms with Gasteiger partial charge in [0.15, 0.2) is 5.78 Å². The fraction of sp³-hybridized carbons (Fsp3) is 0.143. The number of anilines is 2. The molecule has 0 saturated carbocycles. The fourth-order valence-corrected chi connectivity index (χ4v) is 1.50. The zero-order chi connectivity index (χ0) is 12.3.